The lowest BCUT2D eigenvalue weighted by Crippen LogP contribution is -2.23. The van der Waals surface area contributed by atoms with Crippen molar-refractivity contribution in [2.24, 2.45) is 0 Å². The summed E-state index contributed by atoms with van der Waals surface area (Å²) in [5, 5.41) is 16.3. The van der Waals surface area contributed by atoms with Crippen LogP contribution in [0.5, 0.6) is 0 Å². The number of carbonyl (C=O) groups is 1. The van der Waals surface area contributed by atoms with Gasteiger partial charge in [-0.1, -0.05) is 0 Å². The largest absolute Gasteiger partial charge is 0.481 e. The number of carboxylic acid groups (broad SMARTS) is 1. The molecule has 0 radical (unpaired) electrons. The number of anilines is 1. The van der Waals surface area contributed by atoms with E-state index >= 15 is 0 Å². The van der Waals surface area contributed by atoms with Gasteiger partial charge >= 0.3 is 5.97 Å². The molecule has 1 atom stereocenters. The van der Waals surface area contributed by atoms with E-state index in [2.05, 4.69) is 10.2 Å². The standard InChI is InChI=1S/C7H10N4O2/c8-7-10-9-5-4(6(12)13)2-1-3-11(5)7/h4H,1-3H2,(H2,8,10)(H,12,13). The van der Waals surface area contributed by atoms with Crippen molar-refractivity contribution in [1.29, 1.82) is 0 Å². The summed E-state index contributed by atoms with van der Waals surface area (Å²) in [5.74, 6) is -0.607. The van der Waals surface area contributed by atoms with Crippen molar-refractivity contribution in [1.82, 2.24) is 14.8 Å². The molecule has 2 heterocycles. The van der Waals surface area contributed by atoms with Gasteiger partial charge in [0.15, 0.2) is 0 Å². The van der Waals surface area contributed by atoms with Crippen molar-refractivity contribution >= 4 is 11.9 Å². The molecule has 0 saturated carbocycles. The minimum atomic E-state index is -0.853. The monoisotopic (exact) mass is 182 g/mol. The normalized spacial score (nSPS) is 21.1. The summed E-state index contributed by atoms with van der Waals surface area (Å²) in [5.41, 5.74) is 5.52. The van der Waals surface area contributed by atoms with Gasteiger partial charge in [-0.25, -0.2) is 0 Å². The molecule has 0 amide bonds. The number of aliphatic carboxylic acids is 1. The summed E-state index contributed by atoms with van der Waals surface area (Å²) in [6, 6.07) is 0. The van der Waals surface area contributed by atoms with Gasteiger partial charge in [0.2, 0.25) is 5.95 Å². The van der Waals surface area contributed by atoms with Gasteiger partial charge in [0.1, 0.15) is 11.7 Å². The average Bonchev–Trinajstić information content (AvgIpc) is 2.48. The Kier molecular flexibility index (Phi) is 1.68. The molecule has 1 aromatic heterocycles. The molecular formula is C7H10N4O2. The molecule has 1 unspecified atom stereocenters. The third-order valence-corrected chi connectivity index (χ3v) is 2.29. The van der Waals surface area contributed by atoms with Gasteiger partial charge in [-0.15, -0.1) is 10.2 Å². The minimum Gasteiger partial charge on any atom is -0.481 e. The fourth-order valence-electron chi connectivity index (χ4n) is 1.63. The van der Waals surface area contributed by atoms with Crippen LogP contribution in [0.3, 0.4) is 0 Å². The van der Waals surface area contributed by atoms with Crippen LogP contribution in [0.1, 0.15) is 24.6 Å². The van der Waals surface area contributed by atoms with Crippen LogP contribution < -0.4 is 5.73 Å². The molecule has 0 saturated heterocycles. The van der Waals surface area contributed by atoms with E-state index in [0.717, 1.165) is 13.0 Å². The van der Waals surface area contributed by atoms with Crippen LogP contribution in [-0.2, 0) is 11.3 Å². The average molecular weight is 182 g/mol. The second-order valence-electron chi connectivity index (χ2n) is 3.10. The Labute approximate surface area is 74.4 Å². The fraction of sp³-hybridized carbons (Fsp3) is 0.571. The first kappa shape index (κ1) is 8.03. The fourth-order valence-corrected chi connectivity index (χ4v) is 1.63. The maximum Gasteiger partial charge on any atom is 0.314 e. The molecule has 3 N–H and O–H groups in total. The predicted octanol–water partition coefficient (Wildman–Crippen LogP) is -0.178. The van der Waals surface area contributed by atoms with Crippen LogP contribution >= 0.6 is 0 Å². The molecule has 1 aromatic rings. The number of hydrogen-bond acceptors (Lipinski definition) is 4. The zero-order valence-electron chi connectivity index (χ0n) is 6.97. The van der Waals surface area contributed by atoms with E-state index in [-0.39, 0.29) is 0 Å². The molecule has 6 nitrogen and oxygen atoms in total. The van der Waals surface area contributed by atoms with Crippen LogP contribution in [0, 0.1) is 0 Å². The lowest BCUT2D eigenvalue weighted by atomic mass is 9.99. The van der Waals surface area contributed by atoms with Gasteiger partial charge in [-0.2, -0.15) is 0 Å². The second kappa shape index (κ2) is 2.72. The molecule has 13 heavy (non-hydrogen) atoms. The third kappa shape index (κ3) is 1.14. The number of nitrogens with two attached hydrogens (primary N) is 1. The van der Waals surface area contributed by atoms with E-state index in [0.29, 0.717) is 18.2 Å². The lowest BCUT2D eigenvalue weighted by Gasteiger charge is -2.19. The number of carboxylic acids is 1. The Bertz CT molecular complexity index is 346. The van der Waals surface area contributed by atoms with Gasteiger partial charge in [0, 0.05) is 6.54 Å². The molecule has 6 heteroatoms. The highest BCUT2D eigenvalue weighted by Gasteiger charge is 2.29. The number of fused-ring (bicyclic) bond motifs is 1. The third-order valence-electron chi connectivity index (χ3n) is 2.29. The molecule has 0 aromatic carbocycles. The van der Waals surface area contributed by atoms with Gasteiger partial charge in [0.05, 0.1) is 0 Å². The molecule has 1 aliphatic rings. The first-order chi connectivity index (χ1) is 6.20. The number of nitrogens with zero attached hydrogens (tertiary/aromatic N) is 3. The summed E-state index contributed by atoms with van der Waals surface area (Å²) >= 11 is 0. The maximum absolute atomic E-state index is 10.8. The molecule has 0 spiro atoms. The highest BCUT2D eigenvalue weighted by Crippen LogP contribution is 2.26. The van der Waals surface area contributed by atoms with Crippen molar-refractivity contribution < 1.29 is 9.90 Å². The summed E-state index contributed by atoms with van der Waals surface area (Å²) in [6.45, 7) is 0.720. The molecular weight excluding hydrogens is 172 g/mol. The zero-order valence-corrected chi connectivity index (χ0v) is 6.97. The number of hydrogen-bond donors (Lipinski definition) is 2. The molecule has 0 aliphatic carbocycles. The summed E-state index contributed by atoms with van der Waals surface area (Å²) in [4.78, 5) is 10.8. The number of nitrogen functional groups attached to an aromatic ring is 1. The smallest absolute Gasteiger partial charge is 0.314 e. The zero-order chi connectivity index (χ0) is 9.42. The molecule has 0 bridgehead atoms. The van der Waals surface area contributed by atoms with E-state index in [4.69, 9.17) is 10.8 Å². The Balaban J connectivity index is 2.43. The number of rotatable bonds is 1. The summed E-state index contributed by atoms with van der Waals surface area (Å²) in [7, 11) is 0. The lowest BCUT2D eigenvalue weighted by molar-refractivity contribution is -0.139. The second-order valence-corrected chi connectivity index (χ2v) is 3.10. The van der Waals surface area contributed by atoms with Crippen LogP contribution in [0.15, 0.2) is 0 Å². The molecule has 2 rings (SSSR count). The van der Waals surface area contributed by atoms with E-state index in [1.165, 1.54) is 0 Å². The Morgan fingerprint density at radius 2 is 2.38 bits per heavy atom. The summed E-state index contributed by atoms with van der Waals surface area (Å²) in [6.07, 6.45) is 1.43. The van der Waals surface area contributed by atoms with Gasteiger partial charge in [-0.3, -0.25) is 9.36 Å². The SMILES string of the molecule is Nc1nnc2n1CCCC2C(=O)O. The molecule has 0 fully saturated rings. The molecule has 70 valence electrons. The van der Waals surface area contributed by atoms with Gasteiger partial charge < -0.3 is 10.8 Å². The quantitative estimate of drug-likeness (QED) is 0.628. The van der Waals surface area contributed by atoms with Crippen molar-refractivity contribution in [3.63, 3.8) is 0 Å². The highest BCUT2D eigenvalue weighted by molar-refractivity contribution is 5.75. The number of aromatic nitrogens is 3. The van der Waals surface area contributed by atoms with Crippen molar-refractivity contribution in [3.05, 3.63) is 5.82 Å². The van der Waals surface area contributed by atoms with Gasteiger partial charge in [0.25, 0.3) is 0 Å². The van der Waals surface area contributed by atoms with Gasteiger partial charge in [-0.05, 0) is 12.8 Å². The Hall–Kier alpha value is -1.59. The highest BCUT2D eigenvalue weighted by atomic mass is 16.4. The predicted molar refractivity (Wildman–Crippen MR) is 44.0 cm³/mol. The van der Waals surface area contributed by atoms with Crippen LogP contribution in [0.4, 0.5) is 5.95 Å². The topological polar surface area (TPSA) is 94.0 Å². The van der Waals surface area contributed by atoms with E-state index in [1.807, 2.05) is 0 Å². The summed E-state index contributed by atoms with van der Waals surface area (Å²) < 4.78 is 1.67. The maximum atomic E-state index is 10.8. The first-order valence-corrected chi connectivity index (χ1v) is 4.11. The van der Waals surface area contributed by atoms with Crippen molar-refractivity contribution in [3.8, 4) is 0 Å². The van der Waals surface area contributed by atoms with Crippen molar-refractivity contribution in [2.75, 3.05) is 5.73 Å². The van der Waals surface area contributed by atoms with E-state index in [1.54, 1.807) is 4.57 Å². The van der Waals surface area contributed by atoms with Crippen LogP contribution in [0.2, 0.25) is 0 Å². The van der Waals surface area contributed by atoms with E-state index < -0.39 is 11.9 Å². The van der Waals surface area contributed by atoms with Crippen LogP contribution in [0.25, 0.3) is 0 Å². The van der Waals surface area contributed by atoms with Crippen molar-refractivity contribution in [2.45, 2.75) is 25.3 Å². The Morgan fingerprint density at radius 3 is 3.08 bits per heavy atom. The molecule has 1 aliphatic heterocycles. The Morgan fingerprint density at radius 1 is 1.62 bits per heavy atom. The van der Waals surface area contributed by atoms with E-state index in [9.17, 15) is 4.79 Å². The minimum absolute atomic E-state index is 0.306. The van der Waals surface area contributed by atoms with Crippen LogP contribution in [-0.4, -0.2) is 25.8 Å². The first-order valence-electron chi connectivity index (χ1n) is 4.11.